The highest BCUT2D eigenvalue weighted by atomic mass is 32.2. The molecule has 0 radical (unpaired) electrons. The number of benzene rings is 2. The average Bonchev–Trinajstić information content (AvgIpc) is 2.67. The van der Waals surface area contributed by atoms with Crippen molar-refractivity contribution in [2.75, 3.05) is 17.8 Å². The van der Waals surface area contributed by atoms with Crippen molar-refractivity contribution < 1.29 is 39.6 Å². The molecule has 0 spiro atoms. The molecule has 0 saturated heterocycles. The van der Waals surface area contributed by atoms with Gasteiger partial charge in [-0.2, -0.15) is 26.3 Å². The molecule has 1 amide bonds. The van der Waals surface area contributed by atoms with Gasteiger partial charge in [0.1, 0.15) is 0 Å². The number of halogens is 6. The van der Waals surface area contributed by atoms with Gasteiger partial charge in [-0.3, -0.25) is 9.52 Å². The summed E-state index contributed by atoms with van der Waals surface area (Å²) < 4.78 is 105. The Bertz CT molecular complexity index is 1010. The zero-order chi connectivity index (χ0) is 23.6. The lowest BCUT2D eigenvalue weighted by atomic mass is 10.1. The van der Waals surface area contributed by atoms with E-state index in [1.165, 1.54) is 29.2 Å². The number of sulfonamides is 1. The summed E-state index contributed by atoms with van der Waals surface area (Å²) >= 11 is 0. The number of nitrogens with zero attached hydrogens (tertiary/aromatic N) is 1. The number of amides is 1. The standard InChI is InChI=1S/C19H18F6N2O3S/c1-3-27(4-2)17(28)12-5-7-15(8-6-12)26-31(29,30)16-10-13(18(20,21)22)9-14(11-16)19(23,24)25/h5-11,26H,3-4H2,1-2H3. The lowest BCUT2D eigenvalue weighted by molar-refractivity contribution is -0.143. The molecular formula is C19H18F6N2O3S. The smallest absolute Gasteiger partial charge is 0.339 e. The summed E-state index contributed by atoms with van der Waals surface area (Å²) in [5, 5.41) is 0. The quantitative estimate of drug-likeness (QED) is 0.607. The van der Waals surface area contributed by atoms with Gasteiger partial charge in [0.2, 0.25) is 0 Å². The van der Waals surface area contributed by atoms with E-state index in [1.807, 2.05) is 4.72 Å². The molecule has 0 aliphatic carbocycles. The Labute approximate surface area is 174 Å². The fraction of sp³-hybridized carbons (Fsp3) is 0.316. The zero-order valence-corrected chi connectivity index (χ0v) is 17.1. The van der Waals surface area contributed by atoms with Crippen LogP contribution in [0.3, 0.4) is 0 Å². The fourth-order valence-electron chi connectivity index (χ4n) is 2.67. The van der Waals surface area contributed by atoms with Crippen molar-refractivity contribution in [3.8, 4) is 0 Å². The van der Waals surface area contributed by atoms with E-state index >= 15 is 0 Å². The number of nitrogens with one attached hydrogen (secondary N) is 1. The molecule has 0 aliphatic rings. The number of hydrogen-bond donors (Lipinski definition) is 1. The first-order valence-corrected chi connectivity index (χ1v) is 10.4. The van der Waals surface area contributed by atoms with Gasteiger partial charge < -0.3 is 4.90 Å². The summed E-state index contributed by atoms with van der Waals surface area (Å²) in [6.45, 7) is 4.43. The minimum absolute atomic E-state index is 0.121. The molecule has 1 N–H and O–H groups in total. The van der Waals surface area contributed by atoms with Crippen LogP contribution in [0.4, 0.5) is 32.0 Å². The van der Waals surface area contributed by atoms with E-state index in [2.05, 4.69) is 0 Å². The second-order valence-electron chi connectivity index (χ2n) is 6.40. The summed E-state index contributed by atoms with van der Waals surface area (Å²) in [5.41, 5.74) is -3.39. The van der Waals surface area contributed by atoms with Crippen LogP contribution in [-0.4, -0.2) is 32.3 Å². The van der Waals surface area contributed by atoms with Gasteiger partial charge in [0.25, 0.3) is 15.9 Å². The second kappa shape index (κ2) is 8.77. The molecule has 0 unspecified atom stereocenters. The Balaban J connectivity index is 2.39. The molecule has 2 aromatic carbocycles. The maximum atomic E-state index is 13.0. The van der Waals surface area contributed by atoms with Crippen molar-refractivity contribution in [2.24, 2.45) is 0 Å². The lowest BCUT2D eigenvalue weighted by Crippen LogP contribution is -2.30. The first-order valence-electron chi connectivity index (χ1n) is 8.90. The van der Waals surface area contributed by atoms with E-state index in [0.29, 0.717) is 13.1 Å². The summed E-state index contributed by atoms with van der Waals surface area (Å²) in [6, 6.07) is 5.05. The predicted octanol–water partition coefficient (Wildman–Crippen LogP) is 5.01. The maximum Gasteiger partial charge on any atom is 0.416 e. The van der Waals surface area contributed by atoms with E-state index < -0.39 is 38.4 Å². The normalized spacial score (nSPS) is 12.5. The summed E-state index contributed by atoms with van der Waals surface area (Å²) in [5.74, 6) is -0.313. The Morgan fingerprint density at radius 3 is 1.71 bits per heavy atom. The van der Waals surface area contributed by atoms with E-state index in [4.69, 9.17) is 0 Å². The largest absolute Gasteiger partial charge is 0.416 e. The van der Waals surface area contributed by atoms with Crippen LogP contribution in [0.5, 0.6) is 0 Å². The van der Waals surface area contributed by atoms with E-state index in [9.17, 15) is 39.6 Å². The maximum absolute atomic E-state index is 13.0. The number of anilines is 1. The number of alkyl halides is 6. The van der Waals surface area contributed by atoms with Crippen LogP contribution in [-0.2, 0) is 22.4 Å². The number of carbonyl (C=O) groups is 1. The Morgan fingerprint density at radius 2 is 1.32 bits per heavy atom. The van der Waals surface area contributed by atoms with Gasteiger partial charge in [-0.1, -0.05) is 0 Å². The first-order chi connectivity index (χ1) is 14.2. The molecule has 0 aliphatic heterocycles. The van der Waals surface area contributed by atoms with Crippen molar-refractivity contribution in [2.45, 2.75) is 31.1 Å². The fourth-order valence-corrected chi connectivity index (χ4v) is 3.80. The van der Waals surface area contributed by atoms with Gasteiger partial charge >= 0.3 is 12.4 Å². The molecule has 0 heterocycles. The van der Waals surface area contributed by atoms with E-state index in [1.54, 1.807) is 13.8 Å². The second-order valence-corrected chi connectivity index (χ2v) is 8.08. The van der Waals surface area contributed by atoms with E-state index in [0.717, 1.165) is 0 Å². The Hall–Kier alpha value is -2.76. The van der Waals surface area contributed by atoms with Gasteiger partial charge in [0.15, 0.2) is 0 Å². The third-order valence-electron chi connectivity index (χ3n) is 4.31. The highest BCUT2D eigenvalue weighted by molar-refractivity contribution is 7.92. The molecule has 170 valence electrons. The minimum Gasteiger partial charge on any atom is -0.339 e. The highest BCUT2D eigenvalue weighted by Crippen LogP contribution is 2.37. The molecule has 0 atom stereocenters. The summed E-state index contributed by atoms with van der Waals surface area (Å²) in [6.07, 6.45) is -10.4. The van der Waals surface area contributed by atoms with Crippen molar-refractivity contribution >= 4 is 21.6 Å². The predicted molar refractivity (Wildman–Crippen MR) is 101 cm³/mol. The average molecular weight is 468 g/mol. The Morgan fingerprint density at radius 1 is 0.871 bits per heavy atom. The summed E-state index contributed by atoms with van der Waals surface area (Å²) in [7, 11) is -4.78. The third-order valence-corrected chi connectivity index (χ3v) is 5.67. The van der Waals surface area contributed by atoms with Gasteiger partial charge in [-0.15, -0.1) is 0 Å². The lowest BCUT2D eigenvalue weighted by Gasteiger charge is -2.19. The molecule has 31 heavy (non-hydrogen) atoms. The molecule has 12 heteroatoms. The van der Waals surface area contributed by atoms with Crippen LogP contribution in [0.2, 0.25) is 0 Å². The van der Waals surface area contributed by atoms with Gasteiger partial charge in [-0.05, 0) is 56.3 Å². The number of rotatable bonds is 6. The Kier molecular flexibility index (Phi) is 6.94. The van der Waals surface area contributed by atoms with Crippen LogP contribution in [0, 0.1) is 0 Å². The molecule has 2 aromatic rings. The highest BCUT2D eigenvalue weighted by Gasteiger charge is 2.38. The minimum atomic E-state index is -5.18. The van der Waals surface area contributed by atoms with Crippen molar-refractivity contribution in [1.82, 2.24) is 4.90 Å². The van der Waals surface area contributed by atoms with Crippen molar-refractivity contribution in [3.63, 3.8) is 0 Å². The molecular weight excluding hydrogens is 450 g/mol. The zero-order valence-electron chi connectivity index (χ0n) is 16.3. The molecule has 2 rings (SSSR count). The van der Waals surface area contributed by atoms with Gasteiger partial charge in [0, 0.05) is 24.3 Å². The molecule has 0 saturated carbocycles. The number of hydrogen-bond acceptors (Lipinski definition) is 3. The topological polar surface area (TPSA) is 66.5 Å². The third kappa shape index (κ3) is 5.90. The van der Waals surface area contributed by atoms with Crippen molar-refractivity contribution in [1.29, 1.82) is 0 Å². The van der Waals surface area contributed by atoms with E-state index in [-0.39, 0.29) is 35.4 Å². The van der Waals surface area contributed by atoms with Gasteiger partial charge in [-0.25, -0.2) is 8.42 Å². The van der Waals surface area contributed by atoms with Crippen molar-refractivity contribution in [3.05, 3.63) is 59.2 Å². The van der Waals surface area contributed by atoms with Crippen LogP contribution in [0.15, 0.2) is 47.4 Å². The van der Waals surface area contributed by atoms with Gasteiger partial charge in [0.05, 0.1) is 16.0 Å². The van der Waals surface area contributed by atoms with Crippen LogP contribution >= 0.6 is 0 Å². The van der Waals surface area contributed by atoms with Crippen LogP contribution in [0.1, 0.15) is 35.3 Å². The molecule has 0 fully saturated rings. The molecule has 0 bridgehead atoms. The SMILES string of the molecule is CCN(CC)C(=O)c1ccc(NS(=O)(=O)c2cc(C(F)(F)F)cc(C(F)(F)F)c2)cc1. The number of carbonyl (C=O) groups excluding carboxylic acids is 1. The summed E-state index contributed by atoms with van der Waals surface area (Å²) in [4.78, 5) is 12.6. The first kappa shape index (κ1) is 24.5. The van der Waals surface area contributed by atoms with Crippen LogP contribution in [0.25, 0.3) is 0 Å². The monoisotopic (exact) mass is 468 g/mol. The molecule has 0 aromatic heterocycles. The van der Waals surface area contributed by atoms with Crippen LogP contribution < -0.4 is 4.72 Å². The molecule has 5 nitrogen and oxygen atoms in total.